The normalized spacial score (nSPS) is 10.9. The number of nitrogens with zero attached hydrogens (tertiary/aromatic N) is 3. The van der Waals surface area contributed by atoms with Crippen molar-refractivity contribution >= 4 is 17.5 Å². The third-order valence-corrected chi connectivity index (χ3v) is 4.26. The molecule has 0 amide bonds. The third-order valence-electron chi connectivity index (χ3n) is 3.92. The number of pyridine rings is 1. The van der Waals surface area contributed by atoms with Gasteiger partial charge in [0.1, 0.15) is 35.6 Å². The molecule has 0 unspecified atom stereocenters. The molecule has 2 heterocycles. The number of aryl methyl sites for hydroxylation is 1. The lowest BCUT2D eigenvalue weighted by Gasteiger charge is -2.13. The highest BCUT2D eigenvalue weighted by atomic mass is 35.5. The molecule has 3 aromatic rings. The van der Waals surface area contributed by atoms with Gasteiger partial charge in [0.15, 0.2) is 0 Å². The van der Waals surface area contributed by atoms with Crippen molar-refractivity contribution in [2.24, 2.45) is 0 Å². The van der Waals surface area contributed by atoms with Crippen molar-refractivity contribution in [2.45, 2.75) is 13.5 Å². The molecule has 0 aliphatic heterocycles. The number of ether oxygens (including phenoxy) is 1. The van der Waals surface area contributed by atoms with Crippen LogP contribution in [-0.2, 0) is 6.61 Å². The molecular formula is C18H14ClF2N3O4. The lowest BCUT2D eigenvalue weighted by molar-refractivity contribution is 0.0802. The summed E-state index contributed by atoms with van der Waals surface area (Å²) in [4.78, 5) is 24.1. The van der Waals surface area contributed by atoms with Crippen LogP contribution in [0, 0.1) is 18.6 Å². The largest absolute Gasteiger partial charge is 0.487 e. The summed E-state index contributed by atoms with van der Waals surface area (Å²) >= 11 is 6.10. The van der Waals surface area contributed by atoms with Crippen LogP contribution in [0.15, 0.2) is 41.5 Å². The Balaban J connectivity index is 1.91. The first-order chi connectivity index (χ1) is 13.3. The highest BCUT2D eigenvalue weighted by molar-refractivity contribution is 6.31. The first-order valence-electron chi connectivity index (χ1n) is 7.99. The van der Waals surface area contributed by atoms with Gasteiger partial charge in [0, 0.05) is 23.4 Å². The van der Waals surface area contributed by atoms with Crippen molar-refractivity contribution in [3.63, 3.8) is 0 Å². The number of carbonyl (C=O) groups is 1. The molecule has 10 heteroatoms. The quantitative estimate of drug-likeness (QED) is 0.699. The van der Waals surface area contributed by atoms with E-state index in [0.717, 1.165) is 16.8 Å². The standard InChI is InChI=1S/C18H14ClF2N3O4/c1-10-4-15(28-9-11-2-3-12(20)5-14(11)21)17(19)18(27)24(10)13-6-22-23(7-13)16(26)8-25/h2-7,25H,8-9H2,1H3. The minimum absolute atomic E-state index is 0.0305. The Bertz CT molecular complexity index is 1110. The van der Waals surface area contributed by atoms with Gasteiger partial charge in [-0.25, -0.2) is 13.5 Å². The van der Waals surface area contributed by atoms with Gasteiger partial charge in [-0.3, -0.25) is 14.2 Å². The zero-order valence-electron chi connectivity index (χ0n) is 14.5. The van der Waals surface area contributed by atoms with Crippen molar-refractivity contribution in [3.05, 3.63) is 74.9 Å². The van der Waals surface area contributed by atoms with Crippen LogP contribution in [0.5, 0.6) is 5.75 Å². The summed E-state index contributed by atoms with van der Waals surface area (Å²) in [5, 5.41) is 12.4. The van der Waals surface area contributed by atoms with Gasteiger partial charge in [-0.05, 0) is 19.1 Å². The average molecular weight is 410 g/mol. The van der Waals surface area contributed by atoms with Gasteiger partial charge < -0.3 is 9.84 Å². The second-order valence-corrected chi connectivity index (χ2v) is 6.20. The molecule has 0 fully saturated rings. The summed E-state index contributed by atoms with van der Waals surface area (Å²) in [6.07, 6.45) is 2.55. The minimum Gasteiger partial charge on any atom is -0.487 e. The first-order valence-corrected chi connectivity index (χ1v) is 8.37. The molecule has 1 aromatic carbocycles. The van der Waals surface area contributed by atoms with Gasteiger partial charge in [0.25, 0.3) is 11.5 Å². The van der Waals surface area contributed by atoms with E-state index < -0.39 is 29.7 Å². The summed E-state index contributed by atoms with van der Waals surface area (Å²) in [7, 11) is 0. The average Bonchev–Trinajstić information content (AvgIpc) is 3.13. The maximum Gasteiger partial charge on any atom is 0.277 e. The molecule has 0 saturated heterocycles. The molecule has 0 aliphatic carbocycles. The fourth-order valence-corrected chi connectivity index (χ4v) is 2.73. The predicted molar refractivity (Wildman–Crippen MR) is 96.0 cm³/mol. The Labute approximate surface area is 162 Å². The SMILES string of the molecule is Cc1cc(OCc2ccc(F)cc2F)c(Cl)c(=O)n1-c1cnn(C(=O)CO)c1. The highest BCUT2D eigenvalue weighted by Gasteiger charge is 2.16. The molecule has 3 rings (SSSR count). The minimum atomic E-state index is -0.776. The molecule has 0 bridgehead atoms. The van der Waals surface area contributed by atoms with Crippen molar-refractivity contribution in [2.75, 3.05) is 6.61 Å². The van der Waals surface area contributed by atoms with E-state index in [4.69, 9.17) is 21.4 Å². The fourth-order valence-electron chi connectivity index (χ4n) is 2.54. The topological polar surface area (TPSA) is 86.4 Å². The maximum atomic E-state index is 13.7. The van der Waals surface area contributed by atoms with Crippen molar-refractivity contribution in [1.29, 1.82) is 0 Å². The molecule has 0 atom stereocenters. The maximum absolute atomic E-state index is 13.7. The van der Waals surface area contributed by atoms with E-state index in [2.05, 4.69) is 5.10 Å². The van der Waals surface area contributed by atoms with Gasteiger partial charge in [-0.1, -0.05) is 11.6 Å². The summed E-state index contributed by atoms with van der Waals surface area (Å²) in [6.45, 7) is 0.619. The van der Waals surface area contributed by atoms with Crippen molar-refractivity contribution in [3.8, 4) is 11.4 Å². The zero-order valence-corrected chi connectivity index (χ0v) is 15.3. The molecule has 2 aromatic heterocycles. The fraction of sp³-hybridized carbons (Fsp3) is 0.167. The Hall–Kier alpha value is -3.04. The van der Waals surface area contributed by atoms with Crippen LogP contribution in [-0.4, -0.2) is 32.0 Å². The second-order valence-electron chi connectivity index (χ2n) is 5.82. The Morgan fingerprint density at radius 3 is 2.75 bits per heavy atom. The van der Waals surface area contributed by atoms with Crippen LogP contribution in [0.4, 0.5) is 8.78 Å². The van der Waals surface area contributed by atoms with Crippen LogP contribution >= 0.6 is 11.6 Å². The molecule has 7 nitrogen and oxygen atoms in total. The Morgan fingerprint density at radius 1 is 1.32 bits per heavy atom. The summed E-state index contributed by atoms with van der Waals surface area (Å²) in [5.74, 6) is -2.12. The number of aliphatic hydroxyl groups excluding tert-OH is 1. The monoisotopic (exact) mass is 409 g/mol. The summed E-state index contributed by atoms with van der Waals surface area (Å²) in [5.41, 5.74) is 0.151. The summed E-state index contributed by atoms with van der Waals surface area (Å²) in [6, 6.07) is 4.53. The molecule has 0 saturated carbocycles. The number of aromatic nitrogens is 3. The highest BCUT2D eigenvalue weighted by Crippen LogP contribution is 2.25. The van der Waals surface area contributed by atoms with E-state index in [1.807, 2.05) is 0 Å². The smallest absolute Gasteiger partial charge is 0.277 e. The van der Waals surface area contributed by atoms with Crippen LogP contribution in [0.25, 0.3) is 5.69 Å². The van der Waals surface area contributed by atoms with Crippen LogP contribution in [0.3, 0.4) is 0 Å². The van der Waals surface area contributed by atoms with E-state index in [1.54, 1.807) is 6.92 Å². The van der Waals surface area contributed by atoms with E-state index in [0.29, 0.717) is 5.69 Å². The number of hydrogen-bond donors (Lipinski definition) is 1. The number of hydrogen-bond acceptors (Lipinski definition) is 5. The van der Waals surface area contributed by atoms with E-state index >= 15 is 0 Å². The number of benzene rings is 1. The van der Waals surface area contributed by atoms with Crippen molar-refractivity contribution < 1.29 is 23.4 Å². The molecule has 0 aliphatic rings. The molecule has 0 radical (unpaired) electrons. The molecular weight excluding hydrogens is 396 g/mol. The van der Waals surface area contributed by atoms with Gasteiger partial charge in [0.2, 0.25) is 0 Å². The van der Waals surface area contributed by atoms with Crippen LogP contribution in [0.1, 0.15) is 16.1 Å². The van der Waals surface area contributed by atoms with Gasteiger partial charge in [-0.15, -0.1) is 0 Å². The van der Waals surface area contributed by atoms with Crippen LogP contribution < -0.4 is 10.3 Å². The molecule has 146 valence electrons. The molecule has 28 heavy (non-hydrogen) atoms. The first kappa shape index (κ1) is 19.7. The molecule has 0 spiro atoms. The third kappa shape index (κ3) is 3.80. The van der Waals surface area contributed by atoms with Gasteiger partial charge >= 0.3 is 0 Å². The van der Waals surface area contributed by atoms with Crippen LogP contribution in [0.2, 0.25) is 5.02 Å². The number of halogens is 3. The second kappa shape index (κ2) is 7.91. The molecule has 1 N–H and O–H groups in total. The van der Waals surface area contributed by atoms with E-state index in [1.165, 1.54) is 29.1 Å². The van der Waals surface area contributed by atoms with Crippen molar-refractivity contribution in [1.82, 2.24) is 14.3 Å². The number of carbonyl (C=O) groups excluding carboxylic acids is 1. The summed E-state index contributed by atoms with van der Waals surface area (Å²) < 4.78 is 34.2. The lowest BCUT2D eigenvalue weighted by atomic mass is 10.2. The Kier molecular flexibility index (Phi) is 5.57. The Morgan fingerprint density at radius 2 is 2.07 bits per heavy atom. The number of aliphatic hydroxyl groups is 1. The van der Waals surface area contributed by atoms with Gasteiger partial charge in [0.05, 0.1) is 18.1 Å². The number of rotatable bonds is 5. The van der Waals surface area contributed by atoms with E-state index in [9.17, 15) is 18.4 Å². The predicted octanol–water partition coefficient (Wildman–Crippen LogP) is 2.49. The zero-order chi connectivity index (χ0) is 20.4. The van der Waals surface area contributed by atoms with E-state index in [-0.39, 0.29) is 28.6 Å². The lowest BCUT2D eigenvalue weighted by Crippen LogP contribution is -2.22. The van der Waals surface area contributed by atoms with Gasteiger partial charge in [-0.2, -0.15) is 5.10 Å².